The lowest BCUT2D eigenvalue weighted by Gasteiger charge is -2.19. The van der Waals surface area contributed by atoms with E-state index in [1.807, 2.05) is 12.1 Å². The molecule has 0 unspecified atom stereocenters. The Labute approximate surface area is 153 Å². The van der Waals surface area contributed by atoms with Crippen LogP contribution < -0.4 is 0 Å². The highest BCUT2D eigenvalue weighted by Crippen LogP contribution is 2.26. The third kappa shape index (κ3) is 4.71. The molecular formula is C20H23N3OS. The minimum atomic E-state index is -0.0500. The molecule has 3 aromatic rings. The van der Waals surface area contributed by atoms with Gasteiger partial charge in [-0.1, -0.05) is 72.4 Å². The summed E-state index contributed by atoms with van der Waals surface area (Å²) in [4.78, 5) is 0. The van der Waals surface area contributed by atoms with E-state index in [-0.39, 0.29) is 6.10 Å². The van der Waals surface area contributed by atoms with E-state index in [9.17, 15) is 0 Å². The first-order valence-electron chi connectivity index (χ1n) is 8.49. The summed E-state index contributed by atoms with van der Waals surface area (Å²) in [6.07, 6.45) is 1.73. The summed E-state index contributed by atoms with van der Waals surface area (Å²) in [7, 11) is 0. The maximum absolute atomic E-state index is 6.23. The summed E-state index contributed by atoms with van der Waals surface area (Å²) < 4.78 is 8.31. The second-order valence-electron chi connectivity index (χ2n) is 6.04. The number of benzene rings is 2. The number of hydrogen-bond donors (Lipinski definition) is 0. The van der Waals surface area contributed by atoms with Crippen LogP contribution in [0.5, 0.6) is 0 Å². The van der Waals surface area contributed by atoms with Crippen LogP contribution in [0.15, 0.2) is 72.1 Å². The van der Waals surface area contributed by atoms with Crippen LogP contribution in [0, 0.1) is 0 Å². The average Bonchev–Trinajstić information content (AvgIpc) is 3.12. The molecule has 2 aromatic carbocycles. The Bertz CT molecular complexity index is 719. The van der Waals surface area contributed by atoms with Gasteiger partial charge >= 0.3 is 0 Å². The van der Waals surface area contributed by atoms with Crippen molar-refractivity contribution in [1.82, 2.24) is 14.8 Å². The predicted molar refractivity (Wildman–Crippen MR) is 102 cm³/mol. The van der Waals surface area contributed by atoms with Crippen LogP contribution in [0.3, 0.4) is 0 Å². The lowest BCUT2D eigenvalue weighted by Crippen LogP contribution is -2.09. The molecule has 25 heavy (non-hydrogen) atoms. The van der Waals surface area contributed by atoms with Crippen LogP contribution in [-0.2, 0) is 4.74 Å². The van der Waals surface area contributed by atoms with Gasteiger partial charge in [0.05, 0.1) is 6.61 Å². The smallest absolute Gasteiger partial charge is 0.191 e. The van der Waals surface area contributed by atoms with E-state index in [1.54, 1.807) is 18.1 Å². The van der Waals surface area contributed by atoms with Crippen molar-refractivity contribution in [1.29, 1.82) is 0 Å². The molecule has 1 heterocycles. The van der Waals surface area contributed by atoms with Crippen LogP contribution in [0.1, 0.15) is 37.1 Å². The van der Waals surface area contributed by atoms with Gasteiger partial charge in [-0.3, -0.25) is 0 Å². The van der Waals surface area contributed by atoms with Gasteiger partial charge in [-0.2, -0.15) is 0 Å². The summed E-state index contributed by atoms with van der Waals surface area (Å²) in [6, 6.07) is 21.1. The number of aromatic nitrogens is 3. The van der Waals surface area contributed by atoms with Crippen LogP contribution in [-0.4, -0.2) is 27.1 Å². The van der Waals surface area contributed by atoms with Gasteiger partial charge in [0.25, 0.3) is 0 Å². The highest BCUT2D eigenvalue weighted by molar-refractivity contribution is 7.99. The van der Waals surface area contributed by atoms with Gasteiger partial charge in [0.1, 0.15) is 12.4 Å². The van der Waals surface area contributed by atoms with Gasteiger partial charge < -0.3 is 9.30 Å². The maximum Gasteiger partial charge on any atom is 0.191 e. The molecule has 0 saturated heterocycles. The molecule has 0 spiro atoms. The topological polar surface area (TPSA) is 39.9 Å². The van der Waals surface area contributed by atoms with Crippen LogP contribution in [0.25, 0.3) is 0 Å². The number of nitrogens with zero attached hydrogens (tertiary/aromatic N) is 3. The van der Waals surface area contributed by atoms with E-state index in [4.69, 9.17) is 4.74 Å². The molecule has 0 radical (unpaired) electrons. The number of thioether (sulfide) groups is 1. The van der Waals surface area contributed by atoms with E-state index < -0.39 is 0 Å². The van der Waals surface area contributed by atoms with Crippen molar-refractivity contribution in [3.8, 4) is 0 Å². The monoisotopic (exact) mass is 353 g/mol. The fourth-order valence-corrected chi connectivity index (χ4v) is 3.50. The number of rotatable bonds is 8. The van der Waals surface area contributed by atoms with E-state index in [0.717, 1.165) is 10.9 Å². The van der Waals surface area contributed by atoms with E-state index in [2.05, 4.69) is 77.1 Å². The minimum absolute atomic E-state index is 0.0500. The third-order valence-electron chi connectivity index (χ3n) is 3.90. The normalized spacial score (nSPS) is 11.4. The molecular weight excluding hydrogens is 330 g/mol. The van der Waals surface area contributed by atoms with Crippen molar-refractivity contribution in [2.75, 3.05) is 12.4 Å². The van der Waals surface area contributed by atoms with Gasteiger partial charge in [-0.15, -0.1) is 10.2 Å². The fourth-order valence-electron chi connectivity index (χ4n) is 2.63. The van der Waals surface area contributed by atoms with E-state index in [0.29, 0.717) is 12.6 Å². The Morgan fingerprint density at radius 2 is 1.56 bits per heavy atom. The largest absolute Gasteiger partial charge is 0.368 e. The molecule has 0 aliphatic rings. The summed E-state index contributed by atoms with van der Waals surface area (Å²) in [6.45, 7) is 4.90. The quantitative estimate of drug-likeness (QED) is 0.432. The van der Waals surface area contributed by atoms with Crippen molar-refractivity contribution < 1.29 is 4.74 Å². The molecule has 0 saturated carbocycles. The Balaban J connectivity index is 1.63. The van der Waals surface area contributed by atoms with E-state index in [1.165, 1.54) is 11.1 Å². The van der Waals surface area contributed by atoms with Crippen LogP contribution in [0.2, 0.25) is 0 Å². The number of ether oxygens (including phenoxy) is 1. The predicted octanol–water partition coefficient (Wildman–Crippen LogP) is 4.76. The number of hydrogen-bond acceptors (Lipinski definition) is 4. The first kappa shape index (κ1) is 17.7. The zero-order valence-electron chi connectivity index (χ0n) is 14.6. The first-order chi connectivity index (χ1) is 12.3. The zero-order chi connectivity index (χ0) is 17.5. The summed E-state index contributed by atoms with van der Waals surface area (Å²) in [5.74, 6) is 0.835. The molecule has 0 fully saturated rings. The van der Waals surface area contributed by atoms with Crippen molar-refractivity contribution in [2.24, 2.45) is 0 Å². The molecule has 5 heteroatoms. The maximum atomic E-state index is 6.23. The molecule has 0 N–H and O–H groups in total. The lowest BCUT2D eigenvalue weighted by atomic mass is 10.0. The van der Waals surface area contributed by atoms with Gasteiger partial charge in [-0.25, -0.2) is 0 Å². The zero-order valence-corrected chi connectivity index (χ0v) is 15.4. The lowest BCUT2D eigenvalue weighted by molar-refractivity contribution is 0.0935. The molecule has 1 aromatic heterocycles. The molecule has 0 bridgehead atoms. The molecule has 0 aliphatic heterocycles. The summed E-state index contributed by atoms with van der Waals surface area (Å²) in [5, 5.41) is 9.13. The van der Waals surface area contributed by atoms with E-state index >= 15 is 0 Å². The Morgan fingerprint density at radius 3 is 2.12 bits per heavy atom. The molecule has 0 amide bonds. The SMILES string of the molecule is CC(C)n1cnnc1SCCOC(c1ccccc1)c1ccccc1. The Morgan fingerprint density at radius 1 is 0.960 bits per heavy atom. The fraction of sp³-hybridized carbons (Fsp3) is 0.300. The third-order valence-corrected chi connectivity index (χ3v) is 4.82. The summed E-state index contributed by atoms with van der Waals surface area (Å²) in [5.41, 5.74) is 2.34. The Kier molecular flexibility index (Phi) is 6.25. The van der Waals surface area contributed by atoms with Crippen molar-refractivity contribution in [3.05, 3.63) is 78.1 Å². The second-order valence-corrected chi connectivity index (χ2v) is 7.10. The van der Waals surface area contributed by atoms with Gasteiger partial charge in [0, 0.05) is 11.8 Å². The molecule has 3 rings (SSSR count). The van der Waals surface area contributed by atoms with Gasteiger partial charge in [0.15, 0.2) is 5.16 Å². The van der Waals surface area contributed by atoms with Crippen LogP contribution in [0.4, 0.5) is 0 Å². The van der Waals surface area contributed by atoms with Crippen molar-refractivity contribution in [2.45, 2.75) is 31.1 Å². The van der Waals surface area contributed by atoms with Crippen molar-refractivity contribution >= 4 is 11.8 Å². The highest BCUT2D eigenvalue weighted by Gasteiger charge is 2.14. The molecule has 0 aliphatic carbocycles. The van der Waals surface area contributed by atoms with Crippen LogP contribution >= 0.6 is 11.8 Å². The van der Waals surface area contributed by atoms with Gasteiger partial charge in [0.2, 0.25) is 0 Å². The van der Waals surface area contributed by atoms with Crippen molar-refractivity contribution in [3.63, 3.8) is 0 Å². The summed E-state index contributed by atoms with van der Waals surface area (Å²) >= 11 is 1.68. The molecule has 130 valence electrons. The highest BCUT2D eigenvalue weighted by atomic mass is 32.2. The first-order valence-corrected chi connectivity index (χ1v) is 9.48. The molecule has 0 atom stereocenters. The minimum Gasteiger partial charge on any atom is -0.368 e. The standard InChI is InChI=1S/C20H23N3OS/c1-16(2)23-15-21-22-20(23)25-14-13-24-19(17-9-5-3-6-10-17)18-11-7-4-8-12-18/h3-12,15-16,19H,13-14H2,1-2H3. The average molecular weight is 353 g/mol. The molecule has 4 nitrogen and oxygen atoms in total. The second kappa shape index (κ2) is 8.83. The van der Waals surface area contributed by atoms with Gasteiger partial charge in [-0.05, 0) is 25.0 Å². The Hall–Kier alpha value is -2.11.